The molecule has 1 aliphatic rings. The number of aromatic nitrogens is 3. The third kappa shape index (κ3) is 2.92. The number of nitrogens with zero attached hydrogens (tertiary/aromatic N) is 3. The summed E-state index contributed by atoms with van der Waals surface area (Å²) in [6.45, 7) is 4.87. The molecule has 1 saturated heterocycles. The molecule has 1 aromatic carbocycles. The Hall–Kier alpha value is -1.90. The van der Waals surface area contributed by atoms with Crippen LogP contribution in [0, 0.1) is 0 Å². The van der Waals surface area contributed by atoms with E-state index in [9.17, 15) is 4.79 Å². The van der Waals surface area contributed by atoms with Gasteiger partial charge in [0.15, 0.2) is 0 Å². The van der Waals surface area contributed by atoms with Gasteiger partial charge >= 0.3 is 0 Å². The summed E-state index contributed by atoms with van der Waals surface area (Å²) in [5.41, 5.74) is 1.95. The van der Waals surface area contributed by atoms with E-state index in [1.54, 1.807) is 16.9 Å². The fraction of sp³-hybridized carbons (Fsp3) is 0.375. The van der Waals surface area contributed by atoms with Crippen molar-refractivity contribution in [1.29, 1.82) is 0 Å². The van der Waals surface area contributed by atoms with E-state index in [-0.39, 0.29) is 5.56 Å². The number of aromatic amines is 1. The topological polar surface area (TPSA) is 71.9 Å². The van der Waals surface area contributed by atoms with Crippen LogP contribution in [0.5, 0.6) is 5.75 Å². The van der Waals surface area contributed by atoms with E-state index in [2.05, 4.69) is 30.8 Å². The molecule has 0 spiro atoms. The van der Waals surface area contributed by atoms with Crippen LogP contribution in [0.1, 0.15) is 0 Å². The van der Waals surface area contributed by atoms with Gasteiger partial charge < -0.3 is 14.5 Å². The third-order valence-corrected chi connectivity index (χ3v) is 4.82. The Kier molecular flexibility index (Phi) is 4.26. The van der Waals surface area contributed by atoms with E-state index in [0.29, 0.717) is 17.9 Å². The standard InChI is InChI=1S/C16H17BrN4O3/c17-11-7-13-12(19-16(22)14-9-18-10-21(13)14)8-15(11)24-6-3-20-1-4-23-5-2-20/h7-10H,1-6H2,(H,19,22). The largest absolute Gasteiger partial charge is 0.491 e. The maximum atomic E-state index is 12.1. The van der Waals surface area contributed by atoms with Crippen molar-refractivity contribution in [1.82, 2.24) is 19.3 Å². The summed E-state index contributed by atoms with van der Waals surface area (Å²) in [6, 6.07) is 3.78. The molecule has 1 fully saturated rings. The fourth-order valence-corrected chi connectivity index (χ4v) is 3.35. The van der Waals surface area contributed by atoms with Crippen molar-refractivity contribution in [2.75, 3.05) is 39.5 Å². The van der Waals surface area contributed by atoms with Crippen LogP contribution in [-0.2, 0) is 4.74 Å². The molecular weight excluding hydrogens is 376 g/mol. The molecule has 0 bridgehead atoms. The lowest BCUT2D eigenvalue weighted by atomic mass is 10.2. The summed E-state index contributed by atoms with van der Waals surface area (Å²) in [4.78, 5) is 21.3. The second kappa shape index (κ2) is 6.54. The maximum absolute atomic E-state index is 12.1. The zero-order chi connectivity index (χ0) is 16.5. The number of rotatable bonds is 4. The molecule has 0 amide bonds. The van der Waals surface area contributed by atoms with Crippen molar-refractivity contribution in [2.45, 2.75) is 0 Å². The number of benzene rings is 1. The lowest BCUT2D eigenvalue weighted by Gasteiger charge is -2.26. The second-order valence-electron chi connectivity index (χ2n) is 5.71. The van der Waals surface area contributed by atoms with Gasteiger partial charge in [-0.3, -0.25) is 14.1 Å². The number of fused-ring (bicyclic) bond motifs is 3. The molecule has 7 nitrogen and oxygen atoms in total. The van der Waals surface area contributed by atoms with Crippen molar-refractivity contribution in [3.05, 3.63) is 39.5 Å². The molecule has 3 aromatic rings. The Morgan fingerprint density at radius 2 is 2.12 bits per heavy atom. The van der Waals surface area contributed by atoms with Gasteiger partial charge in [0.1, 0.15) is 17.9 Å². The molecule has 3 heterocycles. The van der Waals surface area contributed by atoms with Gasteiger partial charge in [0.2, 0.25) is 0 Å². The van der Waals surface area contributed by atoms with E-state index in [1.165, 1.54) is 0 Å². The average Bonchev–Trinajstić information content (AvgIpc) is 3.08. The van der Waals surface area contributed by atoms with Crippen molar-refractivity contribution in [2.24, 2.45) is 0 Å². The SMILES string of the molecule is O=c1[nH]c2cc(OCCN3CCOCC3)c(Br)cc2n2cncc12. The highest BCUT2D eigenvalue weighted by molar-refractivity contribution is 9.10. The minimum Gasteiger partial charge on any atom is -0.491 e. The summed E-state index contributed by atoms with van der Waals surface area (Å²) in [5.74, 6) is 0.714. The van der Waals surface area contributed by atoms with Gasteiger partial charge in [0.25, 0.3) is 5.56 Å². The van der Waals surface area contributed by atoms with Crippen molar-refractivity contribution < 1.29 is 9.47 Å². The molecule has 0 aliphatic carbocycles. The molecule has 126 valence electrons. The molecule has 1 aliphatic heterocycles. The highest BCUT2D eigenvalue weighted by Crippen LogP contribution is 2.29. The zero-order valence-electron chi connectivity index (χ0n) is 13.0. The van der Waals surface area contributed by atoms with Gasteiger partial charge in [0, 0.05) is 25.7 Å². The molecule has 0 radical (unpaired) electrons. The number of morpholine rings is 1. The van der Waals surface area contributed by atoms with Crippen LogP contribution in [-0.4, -0.2) is 58.7 Å². The molecule has 2 aromatic heterocycles. The number of imidazole rings is 1. The fourth-order valence-electron chi connectivity index (χ4n) is 2.90. The highest BCUT2D eigenvalue weighted by Gasteiger charge is 2.12. The predicted octanol–water partition coefficient (Wildman–Crippen LogP) is 1.65. The number of halogens is 1. The van der Waals surface area contributed by atoms with Gasteiger partial charge in [-0.05, 0) is 22.0 Å². The zero-order valence-corrected chi connectivity index (χ0v) is 14.6. The molecule has 0 saturated carbocycles. The Bertz CT molecular complexity index is 930. The lowest BCUT2D eigenvalue weighted by Crippen LogP contribution is -2.38. The first kappa shape index (κ1) is 15.6. The first-order chi connectivity index (χ1) is 11.7. The van der Waals surface area contributed by atoms with Crippen LogP contribution >= 0.6 is 15.9 Å². The van der Waals surface area contributed by atoms with Crippen molar-refractivity contribution in [3.63, 3.8) is 0 Å². The summed E-state index contributed by atoms with van der Waals surface area (Å²) < 4.78 is 13.9. The molecule has 4 rings (SSSR count). The number of nitrogens with one attached hydrogen (secondary N) is 1. The Morgan fingerprint density at radius 1 is 1.29 bits per heavy atom. The van der Waals surface area contributed by atoms with Crippen LogP contribution < -0.4 is 10.3 Å². The van der Waals surface area contributed by atoms with Crippen LogP contribution in [0.25, 0.3) is 16.6 Å². The van der Waals surface area contributed by atoms with Gasteiger partial charge in [-0.15, -0.1) is 0 Å². The summed E-state index contributed by atoms with van der Waals surface area (Å²) in [6.07, 6.45) is 3.19. The van der Waals surface area contributed by atoms with Crippen molar-refractivity contribution in [3.8, 4) is 5.75 Å². The van der Waals surface area contributed by atoms with E-state index in [0.717, 1.165) is 48.4 Å². The molecule has 8 heteroatoms. The monoisotopic (exact) mass is 392 g/mol. The third-order valence-electron chi connectivity index (χ3n) is 4.20. The summed E-state index contributed by atoms with van der Waals surface area (Å²) in [7, 11) is 0. The van der Waals surface area contributed by atoms with E-state index >= 15 is 0 Å². The normalized spacial score (nSPS) is 16.0. The van der Waals surface area contributed by atoms with E-state index in [1.807, 2.05) is 12.1 Å². The van der Waals surface area contributed by atoms with E-state index in [4.69, 9.17) is 9.47 Å². The smallest absolute Gasteiger partial charge is 0.274 e. The lowest BCUT2D eigenvalue weighted by molar-refractivity contribution is 0.0322. The number of hydrogen-bond acceptors (Lipinski definition) is 5. The first-order valence-electron chi connectivity index (χ1n) is 7.83. The van der Waals surface area contributed by atoms with E-state index < -0.39 is 0 Å². The van der Waals surface area contributed by atoms with Crippen LogP contribution in [0.15, 0.2) is 33.9 Å². The molecule has 0 atom stereocenters. The van der Waals surface area contributed by atoms with Crippen LogP contribution in [0.3, 0.4) is 0 Å². The number of H-pyrrole nitrogens is 1. The second-order valence-corrected chi connectivity index (χ2v) is 6.56. The molecule has 0 unspecified atom stereocenters. The Morgan fingerprint density at radius 3 is 2.96 bits per heavy atom. The summed E-state index contributed by atoms with van der Waals surface area (Å²) >= 11 is 3.55. The van der Waals surface area contributed by atoms with Crippen LogP contribution in [0.4, 0.5) is 0 Å². The highest BCUT2D eigenvalue weighted by atomic mass is 79.9. The number of hydrogen-bond donors (Lipinski definition) is 1. The van der Waals surface area contributed by atoms with Gasteiger partial charge in [-0.2, -0.15) is 0 Å². The predicted molar refractivity (Wildman–Crippen MR) is 93.8 cm³/mol. The quantitative estimate of drug-likeness (QED) is 0.730. The van der Waals surface area contributed by atoms with Crippen LogP contribution in [0.2, 0.25) is 0 Å². The average molecular weight is 393 g/mol. The van der Waals surface area contributed by atoms with Crippen molar-refractivity contribution >= 4 is 32.5 Å². The minimum absolute atomic E-state index is 0.165. The first-order valence-corrected chi connectivity index (χ1v) is 8.62. The Balaban J connectivity index is 1.58. The molecular formula is C16H17BrN4O3. The van der Waals surface area contributed by atoms with Gasteiger partial charge in [-0.1, -0.05) is 0 Å². The van der Waals surface area contributed by atoms with Gasteiger partial charge in [0.05, 0.1) is 41.2 Å². The summed E-state index contributed by atoms with van der Waals surface area (Å²) in [5, 5.41) is 0. The molecule has 1 N–H and O–H groups in total. The molecule has 24 heavy (non-hydrogen) atoms. The maximum Gasteiger partial charge on any atom is 0.274 e. The number of ether oxygens (including phenoxy) is 2. The van der Waals surface area contributed by atoms with Gasteiger partial charge in [-0.25, -0.2) is 4.98 Å². The minimum atomic E-state index is -0.165. The Labute approximate surface area is 146 Å².